The van der Waals surface area contributed by atoms with Gasteiger partial charge in [-0.3, -0.25) is 0 Å². The normalized spacial score (nSPS) is 10.4. The van der Waals surface area contributed by atoms with Crippen molar-refractivity contribution >= 4 is 21.9 Å². The van der Waals surface area contributed by atoms with Gasteiger partial charge in [-0.2, -0.15) is 4.98 Å². The van der Waals surface area contributed by atoms with Crippen LogP contribution in [0.1, 0.15) is 13.3 Å². The highest BCUT2D eigenvalue weighted by Gasteiger charge is 2.09. The molecule has 0 aliphatic rings. The van der Waals surface area contributed by atoms with Crippen LogP contribution in [0.5, 0.6) is 11.6 Å². The molecule has 1 heterocycles. The first kappa shape index (κ1) is 14.6. The lowest BCUT2D eigenvalue weighted by atomic mass is 10.3. The summed E-state index contributed by atoms with van der Waals surface area (Å²) in [6, 6.07) is 3.28. The Balaban J connectivity index is 2.20. The highest BCUT2D eigenvalue weighted by molar-refractivity contribution is 9.10. The second-order valence-electron chi connectivity index (χ2n) is 3.95. The molecule has 0 saturated carbocycles. The molecule has 0 unspecified atom stereocenters. The second-order valence-corrected chi connectivity index (χ2v) is 4.81. The number of anilines is 1. The summed E-state index contributed by atoms with van der Waals surface area (Å²) in [6.07, 6.45) is 2.46. The van der Waals surface area contributed by atoms with E-state index in [1.807, 2.05) is 6.92 Å². The maximum atomic E-state index is 13.1. The molecule has 0 fully saturated rings. The highest BCUT2D eigenvalue weighted by atomic mass is 79.9. The topological polar surface area (TPSA) is 47.0 Å². The molecule has 0 spiro atoms. The molecule has 0 bridgehead atoms. The average Bonchev–Trinajstić information content (AvgIpc) is 2.44. The van der Waals surface area contributed by atoms with Crippen LogP contribution in [0.25, 0.3) is 0 Å². The van der Waals surface area contributed by atoms with Gasteiger partial charge in [-0.05, 0) is 34.5 Å². The molecule has 2 rings (SSSR count). The summed E-state index contributed by atoms with van der Waals surface area (Å²) in [5, 5.41) is 3.01. The van der Waals surface area contributed by atoms with E-state index in [1.54, 1.807) is 0 Å². The van der Waals surface area contributed by atoms with Crippen LogP contribution in [0, 0.1) is 11.6 Å². The van der Waals surface area contributed by atoms with E-state index in [9.17, 15) is 8.78 Å². The highest BCUT2D eigenvalue weighted by Crippen LogP contribution is 2.28. The van der Waals surface area contributed by atoms with Crippen LogP contribution in [0.15, 0.2) is 28.9 Å². The maximum absolute atomic E-state index is 13.1. The van der Waals surface area contributed by atoms with E-state index in [4.69, 9.17) is 4.74 Å². The van der Waals surface area contributed by atoms with E-state index in [1.165, 1.54) is 12.3 Å². The van der Waals surface area contributed by atoms with Gasteiger partial charge < -0.3 is 10.1 Å². The lowest BCUT2D eigenvalue weighted by Gasteiger charge is -2.09. The van der Waals surface area contributed by atoms with Gasteiger partial charge in [0.1, 0.15) is 5.75 Å². The zero-order valence-corrected chi connectivity index (χ0v) is 12.2. The molecule has 0 aliphatic heterocycles. The molecule has 0 amide bonds. The summed E-state index contributed by atoms with van der Waals surface area (Å²) in [7, 11) is 0. The minimum atomic E-state index is -0.975. The molecule has 1 aromatic heterocycles. The van der Waals surface area contributed by atoms with Gasteiger partial charge in [-0.1, -0.05) is 6.92 Å². The van der Waals surface area contributed by atoms with Crippen LogP contribution < -0.4 is 10.1 Å². The molecule has 1 aromatic carbocycles. The molecule has 0 radical (unpaired) electrons. The van der Waals surface area contributed by atoms with E-state index in [-0.39, 0.29) is 11.6 Å². The Kier molecular flexibility index (Phi) is 4.84. The molecule has 2 aromatic rings. The van der Waals surface area contributed by atoms with Crippen LogP contribution >= 0.6 is 15.9 Å². The number of ether oxygens (including phenoxy) is 1. The number of benzene rings is 1. The van der Waals surface area contributed by atoms with Crippen molar-refractivity contribution in [3.05, 3.63) is 40.5 Å². The maximum Gasteiger partial charge on any atom is 0.238 e. The van der Waals surface area contributed by atoms with Crippen molar-refractivity contribution in [3.8, 4) is 11.6 Å². The fourth-order valence-electron chi connectivity index (χ4n) is 1.40. The van der Waals surface area contributed by atoms with Gasteiger partial charge in [-0.15, -0.1) is 0 Å². The molecular weight excluding hydrogens is 332 g/mol. The van der Waals surface area contributed by atoms with E-state index in [0.717, 1.165) is 25.1 Å². The zero-order valence-electron chi connectivity index (χ0n) is 10.7. The summed E-state index contributed by atoms with van der Waals surface area (Å²) in [5.41, 5.74) is 0. The largest absolute Gasteiger partial charge is 0.438 e. The van der Waals surface area contributed by atoms with Crippen molar-refractivity contribution in [2.75, 3.05) is 11.9 Å². The Hall–Kier alpha value is -1.76. The predicted octanol–water partition coefficient (Wildman–Crippen LogP) is 4.13. The van der Waals surface area contributed by atoms with Gasteiger partial charge >= 0.3 is 0 Å². The fourth-order valence-corrected chi connectivity index (χ4v) is 1.67. The smallest absolute Gasteiger partial charge is 0.238 e. The van der Waals surface area contributed by atoms with Crippen LogP contribution in [0.2, 0.25) is 0 Å². The minimum absolute atomic E-state index is 0.157. The number of hydrogen-bond donors (Lipinski definition) is 1. The zero-order chi connectivity index (χ0) is 14.5. The average molecular weight is 344 g/mol. The van der Waals surface area contributed by atoms with E-state index in [0.29, 0.717) is 10.4 Å². The first-order valence-corrected chi connectivity index (χ1v) is 6.78. The lowest BCUT2D eigenvalue weighted by molar-refractivity contribution is 0.444. The second kappa shape index (κ2) is 6.60. The summed E-state index contributed by atoms with van der Waals surface area (Å²) in [4.78, 5) is 8.22. The van der Waals surface area contributed by atoms with Crippen molar-refractivity contribution in [3.63, 3.8) is 0 Å². The molecule has 4 nitrogen and oxygen atoms in total. The number of aromatic nitrogens is 2. The quantitative estimate of drug-likeness (QED) is 0.886. The Bertz CT molecular complexity index is 610. The van der Waals surface area contributed by atoms with Gasteiger partial charge in [0, 0.05) is 12.6 Å². The summed E-state index contributed by atoms with van der Waals surface area (Å²) in [6.45, 7) is 2.75. The van der Waals surface area contributed by atoms with Gasteiger partial charge in [0.05, 0.1) is 10.7 Å². The van der Waals surface area contributed by atoms with Crippen LogP contribution in [-0.4, -0.2) is 16.5 Å². The molecule has 0 saturated heterocycles. The third-order valence-corrected chi connectivity index (χ3v) is 2.89. The SMILES string of the molecule is CCCNc1ncc(Br)c(Oc2ccc(F)c(F)c2)n1. The number of hydrogen-bond acceptors (Lipinski definition) is 4. The van der Waals surface area contributed by atoms with Crippen molar-refractivity contribution in [2.24, 2.45) is 0 Å². The summed E-state index contributed by atoms with van der Waals surface area (Å²) < 4.78 is 31.9. The molecular formula is C13H12BrF2N3O. The Morgan fingerprint density at radius 3 is 2.80 bits per heavy atom. The third kappa shape index (κ3) is 3.63. The number of nitrogens with zero attached hydrogens (tertiary/aromatic N) is 2. The minimum Gasteiger partial charge on any atom is -0.438 e. The first-order chi connectivity index (χ1) is 9.60. The molecule has 1 N–H and O–H groups in total. The van der Waals surface area contributed by atoms with Crippen molar-refractivity contribution < 1.29 is 13.5 Å². The van der Waals surface area contributed by atoms with Gasteiger partial charge in [0.2, 0.25) is 11.8 Å². The Morgan fingerprint density at radius 2 is 2.10 bits per heavy atom. The van der Waals surface area contributed by atoms with Crippen LogP contribution in [0.4, 0.5) is 14.7 Å². The van der Waals surface area contributed by atoms with Crippen LogP contribution in [0.3, 0.4) is 0 Å². The standard InChI is InChI=1S/C13H12BrF2N3O/c1-2-5-17-13-18-7-9(14)12(19-13)20-8-3-4-10(15)11(16)6-8/h3-4,6-7H,2,5H2,1H3,(H,17,18,19). The molecule has 0 aliphatic carbocycles. The summed E-state index contributed by atoms with van der Waals surface area (Å²) >= 11 is 3.24. The summed E-state index contributed by atoms with van der Waals surface area (Å²) in [5.74, 6) is -1.11. The molecule has 106 valence electrons. The Morgan fingerprint density at radius 1 is 1.30 bits per heavy atom. The van der Waals surface area contributed by atoms with Crippen molar-refractivity contribution in [2.45, 2.75) is 13.3 Å². The van der Waals surface area contributed by atoms with E-state index in [2.05, 4.69) is 31.2 Å². The molecule has 20 heavy (non-hydrogen) atoms. The van der Waals surface area contributed by atoms with Crippen LogP contribution in [-0.2, 0) is 0 Å². The van der Waals surface area contributed by atoms with E-state index >= 15 is 0 Å². The number of rotatable bonds is 5. The van der Waals surface area contributed by atoms with E-state index < -0.39 is 11.6 Å². The number of nitrogens with one attached hydrogen (secondary N) is 1. The first-order valence-electron chi connectivity index (χ1n) is 5.99. The number of halogens is 3. The van der Waals surface area contributed by atoms with Gasteiger partial charge in [0.25, 0.3) is 0 Å². The van der Waals surface area contributed by atoms with Gasteiger partial charge in [-0.25, -0.2) is 13.8 Å². The van der Waals surface area contributed by atoms with Crippen molar-refractivity contribution in [1.82, 2.24) is 9.97 Å². The van der Waals surface area contributed by atoms with Crippen molar-refractivity contribution in [1.29, 1.82) is 0 Å². The molecule has 7 heteroatoms. The molecule has 0 atom stereocenters. The third-order valence-electron chi connectivity index (χ3n) is 2.35. The Labute approximate surface area is 123 Å². The predicted molar refractivity (Wildman–Crippen MR) is 74.9 cm³/mol. The monoisotopic (exact) mass is 343 g/mol. The van der Waals surface area contributed by atoms with Gasteiger partial charge in [0.15, 0.2) is 11.6 Å². The lowest BCUT2D eigenvalue weighted by Crippen LogP contribution is -2.05. The fraction of sp³-hybridized carbons (Fsp3) is 0.231.